The van der Waals surface area contributed by atoms with Crippen molar-refractivity contribution in [2.75, 3.05) is 13.1 Å². The highest BCUT2D eigenvalue weighted by Crippen LogP contribution is 2.26. The lowest BCUT2D eigenvalue weighted by Crippen LogP contribution is -2.36. The number of hydrogen-bond donors (Lipinski definition) is 1. The predicted molar refractivity (Wildman–Crippen MR) is 76.2 cm³/mol. The summed E-state index contributed by atoms with van der Waals surface area (Å²) in [7, 11) is 0. The first-order valence-corrected chi connectivity index (χ1v) is 7.64. The van der Waals surface area contributed by atoms with Crippen LogP contribution in [0.2, 0.25) is 0 Å². The molecule has 3 atom stereocenters. The van der Waals surface area contributed by atoms with E-state index in [1.54, 1.807) is 0 Å². The third-order valence-corrected chi connectivity index (χ3v) is 4.33. The monoisotopic (exact) mass is 240 g/mol. The highest BCUT2D eigenvalue weighted by Gasteiger charge is 2.30. The average molecular weight is 240 g/mol. The first-order chi connectivity index (χ1) is 8.19. The number of hydrogen-bond acceptors (Lipinski definition) is 2. The Morgan fingerprint density at radius 1 is 1.24 bits per heavy atom. The van der Waals surface area contributed by atoms with Gasteiger partial charge in [-0.25, -0.2) is 0 Å². The fraction of sp³-hybridized carbons (Fsp3) is 1.00. The van der Waals surface area contributed by atoms with Gasteiger partial charge in [0.15, 0.2) is 0 Å². The van der Waals surface area contributed by atoms with Crippen LogP contribution in [0.1, 0.15) is 65.7 Å². The largest absolute Gasteiger partial charge is 0.330 e. The van der Waals surface area contributed by atoms with Gasteiger partial charge in [0.2, 0.25) is 0 Å². The molecule has 1 rings (SSSR count). The third-order valence-electron chi connectivity index (χ3n) is 4.33. The minimum atomic E-state index is 0.743. The highest BCUT2D eigenvalue weighted by molar-refractivity contribution is 4.85. The second-order valence-corrected chi connectivity index (χ2v) is 5.94. The lowest BCUT2D eigenvalue weighted by Gasteiger charge is -2.28. The topological polar surface area (TPSA) is 29.3 Å². The molecule has 1 aliphatic rings. The summed E-state index contributed by atoms with van der Waals surface area (Å²) < 4.78 is 0. The maximum Gasteiger partial charge on any atom is 0.00734 e. The SMILES string of the molecule is CCCCCCCC(C)N1CC(CN)CC1C. The molecule has 0 radical (unpaired) electrons. The summed E-state index contributed by atoms with van der Waals surface area (Å²) in [5, 5.41) is 0. The molecule has 3 unspecified atom stereocenters. The van der Waals surface area contributed by atoms with Crippen molar-refractivity contribution in [3.63, 3.8) is 0 Å². The van der Waals surface area contributed by atoms with Crippen molar-refractivity contribution < 1.29 is 0 Å². The van der Waals surface area contributed by atoms with Crippen molar-refractivity contribution in [1.82, 2.24) is 4.90 Å². The van der Waals surface area contributed by atoms with Crippen LogP contribution in [0, 0.1) is 5.92 Å². The molecule has 1 saturated heterocycles. The average Bonchev–Trinajstić information content (AvgIpc) is 2.70. The van der Waals surface area contributed by atoms with Gasteiger partial charge in [0.25, 0.3) is 0 Å². The molecule has 1 heterocycles. The van der Waals surface area contributed by atoms with Gasteiger partial charge in [0.05, 0.1) is 0 Å². The van der Waals surface area contributed by atoms with Crippen molar-refractivity contribution in [1.29, 1.82) is 0 Å². The van der Waals surface area contributed by atoms with Crippen LogP contribution in [0.3, 0.4) is 0 Å². The molecular weight excluding hydrogens is 208 g/mol. The summed E-state index contributed by atoms with van der Waals surface area (Å²) in [6, 6.07) is 1.50. The van der Waals surface area contributed by atoms with E-state index in [0.717, 1.165) is 24.5 Å². The van der Waals surface area contributed by atoms with Crippen LogP contribution in [-0.2, 0) is 0 Å². The van der Waals surface area contributed by atoms with Crippen molar-refractivity contribution in [2.24, 2.45) is 11.7 Å². The maximum absolute atomic E-state index is 5.79. The van der Waals surface area contributed by atoms with Crippen LogP contribution in [0.5, 0.6) is 0 Å². The van der Waals surface area contributed by atoms with E-state index < -0.39 is 0 Å². The highest BCUT2D eigenvalue weighted by atomic mass is 15.2. The molecule has 17 heavy (non-hydrogen) atoms. The van der Waals surface area contributed by atoms with Gasteiger partial charge in [-0.1, -0.05) is 39.0 Å². The number of nitrogens with zero attached hydrogens (tertiary/aromatic N) is 1. The molecule has 0 spiro atoms. The van der Waals surface area contributed by atoms with E-state index in [-0.39, 0.29) is 0 Å². The second-order valence-electron chi connectivity index (χ2n) is 5.94. The molecule has 0 saturated carbocycles. The Kier molecular flexibility index (Phi) is 7.14. The standard InChI is InChI=1S/C15H32N2/c1-4-5-6-7-8-9-13(2)17-12-15(11-16)10-14(17)3/h13-15H,4-12,16H2,1-3H3. The first-order valence-electron chi connectivity index (χ1n) is 7.64. The summed E-state index contributed by atoms with van der Waals surface area (Å²) in [6.07, 6.45) is 9.66. The van der Waals surface area contributed by atoms with Crippen molar-refractivity contribution in [3.8, 4) is 0 Å². The Morgan fingerprint density at radius 3 is 2.53 bits per heavy atom. The Labute approximate surface area is 108 Å². The van der Waals surface area contributed by atoms with Crippen molar-refractivity contribution >= 4 is 0 Å². The van der Waals surface area contributed by atoms with Gasteiger partial charge in [-0.3, -0.25) is 4.90 Å². The molecule has 0 aliphatic carbocycles. The number of unbranched alkanes of at least 4 members (excludes halogenated alkanes) is 4. The normalized spacial score (nSPS) is 27.5. The number of nitrogens with two attached hydrogens (primary N) is 1. The summed E-state index contributed by atoms with van der Waals surface area (Å²) in [4.78, 5) is 2.68. The van der Waals surface area contributed by atoms with E-state index >= 15 is 0 Å². The van der Waals surface area contributed by atoms with Gasteiger partial charge in [-0.05, 0) is 39.2 Å². The molecule has 2 nitrogen and oxygen atoms in total. The minimum Gasteiger partial charge on any atom is -0.330 e. The quantitative estimate of drug-likeness (QED) is 0.659. The Morgan fingerprint density at radius 2 is 1.94 bits per heavy atom. The van der Waals surface area contributed by atoms with Crippen LogP contribution in [-0.4, -0.2) is 30.1 Å². The second kappa shape index (κ2) is 8.10. The van der Waals surface area contributed by atoms with Crippen LogP contribution in [0.15, 0.2) is 0 Å². The van der Waals surface area contributed by atoms with E-state index in [1.807, 2.05) is 0 Å². The van der Waals surface area contributed by atoms with Gasteiger partial charge >= 0.3 is 0 Å². The van der Waals surface area contributed by atoms with E-state index in [0.29, 0.717) is 0 Å². The van der Waals surface area contributed by atoms with E-state index in [2.05, 4.69) is 25.7 Å². The van der Waals surface area contributed by atoms with E-state index in [1.165, 1.54) is 51.5 Å². The molecule has 1 fully saturated rings. The van der Waals surface area contributed by atoms with Gasteiger partial charge < -0.3 is 5.73 Å². The molecule has 102 valence electrons. The smallest absolute Gasteiger partial charge is 0.00734 e. The Bertz CT molecular complexity index is 193. The van der Waals surface area contributed by atoms with Gasteiger partial charge in [0.1, 0.15) is 0 Å². The maximum atomic E-state index is 5.79. The Hall–Kier alpha value is -0.0800. The molecule has 0 bridgehead atoms. The summed E-state index contributed by atoms with van der Waals surface area (Å²) >= 11 is 0. The van der Waals surface area contributed by atoms with E-state index in [9.17, 15) is 0 Å². The molecular formula is C15H32N2. The Balaban J connectivity index is 2.16. The van der Waals surface area contributed by atoms with Crippen LogP contribution in [0.4, 0.5) is 0 Å². The van der Waals surface area contributed by atoms with Gasteiger partial charge in [-0.15, -0.1) is 0 Å². The van der Waals surface area contributed by atoms with Gasteiger partial charge in [0, 0.05) is 18.6 Å². The van der Waals surface area contributed by atoms with Crippen molar-refractivity contribution in [2.45, 2.75) is 77.8 Å². The molecule has 0 aromatic carbocycles. The fourth-order valence-electron chi connectivity index (χ4n) is 3.16. The molecule has 0 amide bonds. The molecule has 1 aliphatic heterocycles. The zero-order chi connectivity index (χ0) is 12.7. The molecule has 2 heteroatoms. The molecule has 0 aromatic rings. The summed E-state index contributed by atoms with van der Waals surface area (Å²) in [6.45, 7) is 9.14. The minimum absolute atomic E-state index is 0.743. The predicted octanol–water partition coefficient (Wildman–Crippen LogP) is 3.40. The lowest BCUT2D eigenvalue weighted by atomic mass is 10.1. The third kappa shape index (κ3) is 4.97. The van der Waals surface area contributed by atoms with Gasteiger partial charge in [-0.2, -0.15) is 0 Å². The first kappa shape index (κ1) is 15.0. The number of likely N-dealkylation sites (tertiary alicyclic amines) is 1. The summed E-state index contributed by atoms with van der Waals surface area (Å²) in [5.74, 6) is 0.743. The molecule has 0 aromatic heterocycles. The zero-order valence-electron chi connectivity index (χ0n) is 12.1. The summed E-state index contributed by atoms with van der Waals surface area (Å²) in [5.41, 5.74) is 5.79. The lowest BCUT2D eigenvalue weighted by molar-refractivity contribution is 0.186. The van der Waals surface area contributed by atoms with Crippen LogP contribution >= 0.6 is 0 Å². The zero-order valence-corrected chi connectivity index (χ0v) is 12.1. The van der Waals surface area contributed by atoms with E-state index in [4.69, 9.17) is 5.73 Å². The van der Waals surface area contributed by atoms with Crippen LogP contribution < -0.4 is 5.73 Å². The molecule has 2 N–H and O–H groups in total. The van der Waals surface area contributed by atoms with Crippen molar-refractivity contribution in [3.05, 3.63) is 0 Å². The van der Waals surface area contributed by atoms with Crippen LogP contribution in [0.25, 0.3) is 0 Å². The number of rotatable bonds is 8. The fourth-order valence-corrected chi connectivity index (χ4v) is 3.16.